The first-order valence-electron chi connectivity index (χ1n) is 11.4. The molecule has 0 spiro atoms. The molecule has 4 aromatic rings. The number of amides is 1. The zero-order chi connectivity index (χ0) is 25.9. The average Bonchev–Trinajstić information content (AvgIpc) is 3.20. The van der Waals surface area contributed by atoms with Gasteiger partial charge in [-0.2, -0.15) is 15.0 Å². The van der Waals surface area contributed by atoms with E-state index >= 15 is 0 Å². The highest BCUT2D eigenvalue weighted by atomic mass is 16.6. The van der Waals surface area contributed by atoms with Gasteiger partial charge in [0.2, 0.25) is 5.91 Å². The van der Waals surface area contributed by atoms with E-state index in [-0.39, 0.29) is 18.1 Å². The number of aromatic nitrogens is 2. The zero-order valence-corrected chi connectivity index (χ0v) is 20.5. The van der Waals surface area contributed by atoms with E-state index in [9.17, 15) is 14.9 Å². The van der Waals surface area contributed by atoms with Crippen molar-refractivity contribution in [3.05, 3.63) is 77.9 Å². The van der Waals surface area contributed by atoms with Gasteiger partial charge in [0, 0.05) is 23.6 Å². The van der Waals surface area contributed by atoms with E-state index in [0.29, 0.717) is 33.6 Å². The minimum Gasteiger partial charge on any atom is -0.487 e. The van der Waals surface area contributed by atoms with Gasteiger partial charge in [0.1, 0.15) is 29.7 Å². The third-order valence-corrected chi connectivity index (χ3v) is 5.16. The van der Waals surface area contributed by atoms with Crippen molar-refractivity contribution in [2.75, 3.05) is 5.32 Å². The normalized spacial score (nSPS) is 11.1. The van der Waals surface area contributed by atoms with E-state index < -0.39 is 11.7 Å². The lowest BCUT2D eigenvalue weighted by atomic mass is 10.0. The third kappa shape index (κ3) is 5.53. The van der Waals surface area contributed by atoms with Crippen molar-refractivity contribution in [2.45, 2.75) is 39.9 Å². The summed E-state index contributed by atoms with van der Waals surface area (Å²) in [7, 11) is 0. The maximum Gasteiger partial charge on any atom is 0.435 e. The molecule has 0 radical (unpaired) electrons. The second kappa shape index (κ2) is 9.92. The zero-order valence-electron chi connectivity index (χ0n) is 20.5. The van der Waals surface area contributed by atoms with Gasteiger partial charge in [0.15, 0.2) is 0 Å². The molecule has 36 heavy (non-hydrogen) atoms. The van der Waals surface area contributed by atoms with Crippen LogP contribution in [-0.4, -0.2) is 27.4 Å². The van der Waals surface area contributed by atoms with Crippen molar-refractivity contribution in [1.29, 1.82) is 5.26 Å². The van der Waals surface area contributed by atoms with Crippen molar-refractivity contribution in [3.63, 3.8) is 0 Å². The molecule has 1 N–H and O–H groups in total. The molecular weight excluding hydrogens is 456 g/mol. The second-order valence-corrected chi connectivity index (χ2v) is 9.25. The molecule has 1 aromatic heterocycles. The van der Waals surface area contributed by atoms with Crippen LogP contribution in [0.3, 0.4) is 0 Å². The van der Waals surface area contributed by atoms with Gasteiger partial charge in [-0.15, -0.1) is 0 Å². The van der Waals surface area contributed by atoms with Crippen LogP contribution in [0.2, 0.25) is 0 Å². The number of fused-ring (bicyclic) bond motifs is 1. The van der Waals surface area contributed by atoms with Gasteiger partial charge >= 0.3 is 6.09 Å². The Morgan fingerprint density at radius 2 is 1.81 bits per heavy atom. The molecule has 3 aromatic carbocycles. The maximum atomic E-state index is 13.0. The molecule has 0 fully saturated rings. The molecule has 0 saturated carbocycles. The number of ether oxygens (including phenoxy) is 2. The monoisotopic (exact) mass is 482 g/mol. The fraction of sp³-hybridized carbons (Fsp3) is 0.214. The Balaban J connectivity index is 1.86. The Morgan fingerprint density at radius 3 is 2.47 bits per heavy atom. The molecule has 0 aliphatic heterocycles. The first-order chi connectivity index (χ1) is 17.1. The molecule has 1 amide bonds. The summed E-state index contributed by atoms with van der Waals surface area (Å²) in [6, 6.07) is 22.2. The van der Waals surface area contributed by atoms with Crippen LogP contribution in [0.1, 0.15) is 38.8 Å². The van der Waals surface area contributed by atoms with E-state index in [4.69, 9.17) is 9.47 Å². The highest BCUT2D eigenvalue weighted by Gasteiger charge is 2.24. The smallest absolute Gasteiger partial charge is 0.435 e. The predicted molar refractivity (Wildman–Crippen MR) is 137 cm³/mol. The molecule has 8 heteroatoms. The molecule has 0 saturated heterocycles. The van der Waals surface area contributed by atoms with E-state index in [0.717, 1.165) is 10.2 Å². The van der Waals surface area contributed by atoms with Crippen LogP contribution in [0.5, 0.6) is 5.75 Å². The highest BCUT2D eigenvalue weighted by molar-refractivity contribution is 6.00. The lowest BCUT2D eigenvalue weighted by molar-refractivity contribution is -0.114. The van der Waals surface area contributed by atoms with Gasteiger partial charge < -0.3 is 14.8 Å². The molecular formula is C28H26N4O4. The number of anilines is 1. The second-order valence-electron chi connectivity index (χ2n) is 9.25. The molecule has 182 valence electrons. The molecule has 0 aliphatic rings. The summed E-state index contributed by atoms with van der Waals surface area (Å²) in [6.45, 7) is 7.01. The maximum absolute atomic E-state index is 13.0. The Bertz CT molecular complexity index is 1480. The lowest BCUT2D eigenvalue weighted by Gasteiger charge is -2.19. The van der Waals surface area contributed by atoms with Crippen molar-refractivity contribution in [2.24, 2.45) is 0 Å². The van der Waals surface area contributed by atoms with Gasteiger partial charge in [-0.3, -0.25) is 4.79 Å². The molecule has 8 nitrogen and oxygen atoms in total. The minimum atomic E-state index is -0.738. The van der Waals surface area contributed by atoms with Crippen LogP contribution in [-0.2, 0) is 16.1 Å². The first kappa shape index (κ1) is 24.5. The Labute approximate surface area is 209 Å². The average molecular weight is 483 g/mol. The Kier molecular flexibility index (Phi) is 6.75. The van der Waals surface area contributed by atoms with Crippen molar-refractivity contribution in [1.82, 2.24) is 9.78 Å². The van der Waals surface area contributed by atoms with E-state index in [1.165, 1.54) is 6.92 Å². The van der Waals surface area contributed by atoms with E-state index in [2.05, 4.69) is 16.5 Å². The molecule has 0 atom stereocenters. The number of nitrogens with zero attached hydrogens (tertiary/aromatic N) is 3. The molecule has 0 unspecified atom stereocenters. The highest BCUT2D eigenvalue weighted by Crippen LogP contribution is 2.35. The summed E-state index contributed by atoms with van der Waals surface area (Å²) >= 11 is 0. The number of rotatable bonds is 5. The molecule has 0 aliphatic carbocycles. The molecule has 4 rings (SSSR count). The quantitative estimate of drug-likeness (QED) is 0.380. The summed E-state index contributed by atoms with van der Waals surface area (Å²) in [5, 5.41) is 17.7. The fourth-order valence-electron chi connectivity index (χ4n) is 3.69. The third-order valence-electron chi connectivity index (χ3n) is 5.16. The number of carbonyl (C=O) groups is 2. The van der Waals surface area contributed by atoms with Crippen molar-refractivity contribution < 1.29 is 19.1 Å². The number of carbonyl (C=O) groups excluding carboxylic acids is 2. The topological polar surface area (TPSA) is 106 Å². The summed E-state index contributed by atoms with van der Waals surface area (Å²) in [4.78, 5) is 24.6. The van der Waals surface area contributed by atoms with Gasteiger partial charge in [0.05, 0.1) is 11.1 Å². The molecule has 0 bridgehead atoms. The SMILES string of the molecule is CC(=O)Nc1cccc(-c2nn(C(=O)OC(C)(C)C)c3cc(C#N)c(OCc4ccccc4)cc23)c1. The van der Waals surface area contributed by atoms with Gasteiger partial charge in [0.25, 0.3) is 0 Å². The number of hydrogen-bond donors (Lipinski definition) is 1. The summed E-state index contributed by atoms with van der Waals surface area (Å²) in [5.41, 5.74) is 2.64. The van der Waals surface area contributed by atoms with Crippen molar-refractivity contribution >= 4 is 28.6 Å². The summed E-state index contributed by atoms with van der Waals surface area (Å²) < 4.78 is 12.7. The number of hydrogen-bond acceptors (Lipinski definition) is 6. The van der Waals surface area contributed by atoms with Crippen LogP contribution >= 0.6 is 0 Å². The molecule has 1 heterocycles. The van der Waals surface area contributed by atoms with E-state index in [1.54, 1.807) is 51.1 Å². The Morgan fingerprint density at radius 1 is 1.06 bits per heavy atom. The van der Waals surface area contributed by atoms with Crippen molar-refractivity contribution in [3.8, 4) is 23.1 Å². The standard InChI is InChI=1S/C28H26N4O4/c1-18(33)30-22-12-8-11-20(13-22)26-23-15-25(35-17-19-9-6-5-7-10-19)21(16-29)14-24(23)32(31-26)27(34)36-28(2,3)4/h5-15H,17H2,1-4H3,(H,30,33). The summed E-state index contributed by atoms with van der Waals surface area (Å²) in [6.07, 6.45) is -0.668. The van der Waals surface area contributed by atoms with Gasteiger partial charge in [-0.25, -0.2) is 4.79 Å². The lowest BCUT2D eigenvalue weighted by Crippen LogP contribution is -2.27. The predicted octanol–water partition coefficient (Wildman–Crippen LogP) is 5.90. The van der Waals surface area contributed by atoms with Gasteiger partial charge in [-0.1, -0.05) is 42.5 Å². The number of nitrogens with one attached hydrogen (secondary N) is 1. The van der Waals surface area contributed by atoms with Crippen LogP contribution in [0.25, 0.3) is 22.2 Å². The first-order valence-corrected chi connectivity index (χ1v) is 11.4. The van der Waals surface area contributed by atoms with Gasteiger partial charge in [-0.05, 0) is 50.6 Å². The largest absolute Gasteiger partial charge is 0.487 e. The Hall–Kier alpha value is -4.64. The summed E-state index contributed by atoms with van der Waals surface area (Å²) in [5.74, 6) is 0.170. The van der Waals surface area contributed by atoms with Crippen LogP contribution in [0.4, 0.5) is 10.5 Å². The van der Waals surface area contributed by atoms with Crippen LogP contribution in [0.15, 0.2) is 66.7 Å². The number of benzene rings is 3. The van der Waals surface area contributed by atoms with Crippen LogP contribution < -0.4 is 10.1 Å². The minimum absolute atomic E-state index is 0.202. The van der Waals surface area contributed by atoms with Crippen LogP contribution in [0, 0.1) is 11.3 Å². The number of nitriles is 1. The van der Waals surface area contributed by atoms with E-state index in [1.807, 2.05) is 36.4 Å². The fourth-order valence-corrected chi connectivity index (χ4v) is 3.69.